The number of hydrogen-bond donors (Lipinski definition) is 9. The predicted molar refractivity (Wildman–Crippen MR) is 132 cm³/mol. The molecule has 13 heteroatoms. The molecule has 0 radical (unpaired) electrons. The van der Waals surface area contributed by atoms with E-state index in [-0.39, 0.29) is 17.2 Å². The number of rotatable bonds is 8. The van der Waals surface area contributed by atoms with Gasteiger partial charge in [0.15, 0.2) is 6.29 Å². The van der Waals surface area contributed by atoms with Crippen LogP contribution in [0, 0.1) is 0 Å². The Morgan fingerprint density at radius 3 is 1.90 bits per heavy atom. The summed E-state index contributed by atoms with van der Waals surface area (Å²) in [5.41, 5.74) is 1.30. The van der Waals surface area contributed by atoms with E-state index in [2.05, 4.69) is 0 Å². The number of ether oxygens (including phenoxy) is 4. The normalized spacial score (nSPS) is 35.3. The Labute approximate surface area is 222 Å². The van der Waals surface area contributed by atoms with E-state index in [1.807, 2.05) is 0 Å². The number of aliphatic hydroxyl groups excluding tert-OH is 7. The molecule has 2 aliphatic heterocycles. The number of aliphatic hydroxyl groups is 7. The van der Waals surface area contributed by atoms with Gasteiger partial charge in [-0.2, -0.15) is 0 Å². The maximum absolute atomic E-state index is 10.4. The van der Waals surface area contributed by atoms with Crippen LogP contribution in [0.4, 0.5) is 0 Å². The first-order chi connectivity index (χ1) is 18.6. The number of aromatic hydroxyl groups is 2. The molecule has 0 aromatic heterocycles. The van der Waals surface area contributed by atoms with E-state index in [0.29, 0.717) is 5.56 Å². The molecule has 0 saturated carbocycles. The highest BCUT2D eigenvalue weighted by molar-refractivity contribution is 5.71. The first-order valence-electron chi connectivity index (χ1n) is 12.2. The molecule has 0 unspecified atom stereocenters. The molecule has 0 amide bonds. The van der Waals surface area contributed by atoms with Gasteiger partial charge in [0, 0.05) is 6.07 Å². The first kappa shape index (κ1) is 29.2. The maximum Gasteiger partial charge on any atom is 0.229 e. The molecule has 0 bridgehead atoms. The molecule has 0 aliphatic carbocycles. The summed E-state index contributed by atoms with van der Waals surface area (Å²) >= 11 is 0. The highest BCUT2D eigenvalue weighted by atomic mass is 16.7. The number of phenolic OH excluding ortho intramolecular Hbond substituents is 2. The zero-order chi connectivity index (χ0) is 28.3. The van der Waals surface area contributed by atoms with Crippen molar-refractivity contribution in [3.8, 4) is 17.2 Å². The van der Waals surface area contributed by atoms with Gasteiger partial charge in [0.1, 0.15) is 66.1 Å². The quantitative estimate of drug-likeness (QED) is 0.167. The average Bonchev–Trinajstić information content (AvgIpc) is 2.91. The van der Waals surface area contributed by atoms with E-state index in [9.17, 15) is 46.0 Å². The Bertz CT molecular complexity index is 1110. The maximum atomic E-state index is 10.4. The van der Waals surface area contributed by atoms with Crippen molar-refractivity contribution in [2.24, 2.45) is 0 Å². The molecule has 13 nitrogen and oxygen atoms in total. The summed E-state index contributed by atoms with van der Waals surface area (Å²) in [6.07, 6.45) is -12.1. The van der Waals surface area contributed by atoms with Crippen LogP contribution in [0.2, 0.25) is 0 Å². The van der Waals surface area contributed by atoms with Gasteiger partial charge in [0.05, 0.1) is 13.2 Å². The largest absolute Gasteiger partial charge is 0.508 e. The van der Waals surface area contributed by atoms with Crippen LogP contribution in [-0.4, -0.2) is 121 Å². The Hall–Kier alpha value is -2.82. The Morgan fingerprint density at radius 2 is 1.23 bits per heavy atom. The summed E-state index contributed by atoms with van der Waals surface area (Å²) in [5.74, 6) is 0.0308. The number of benzene rings is 2. The molecule has 2 saturated heterocycles. The van der Waals surface area contributed by atoms with Crippen molar-refractivity contribution in [2.75, 3.05) is 13.2 Å². The molecular formula is C26H32O13. The minimum atomic E-state index is -1.72. The van der Waals surface area contributed by atoms with Crippen LogP contribution in [0.25, 0.3) is 12.2 Å². The van der Waals surface area contributed by atoms with Gasteiger partial charge in [-0.05, 0) is 35.4 Å². The van der Waals surface area contributed by atoms with Crippen molar-refractivity contribution in [3.63, 3.8) is 0 Å². The zero-order valence-electron chi connectivity index (χ0n) is 20.5. The number of hydrogen-bond acceptors (Lipinski definition) is 13. The van der Waals surface area contributed by atoms with Crippen molar-refractivity contribution < 1.29 is 64.9 Å². The van der Waals surface area contributed by atoms with Gasteiger partial charge in [-0.15, -0.1) is 0 Å². The second kappa shape index (κ2) is 12.6. The fourth-order valence-corrected chi connectivity index (χ4v) is 4.23. The first-order valence-corrected chi connectivity index (χ1v) is 12.2. The molecule has 2 heterocycles. The summed E-state index contributed by atoms with van der Waals surface area (Å²) in [5, 5.41) is 90.0. The summed E-state index contributed by atoms with van der Waals surface area (Å²) < 4.78 is 21.9. The third-order valence-electron chi connectivity index (χ3n) is 6.47. The van der Waals surface area contributed by atoms with Crippen LogP contribution in [0.5, 0.6) is 17.2 Å². The van der Waals surface area contributed by atoms with Crippen LogP contribution in [0.1, 0.15) is 11.1 Å². The molecular weight excluding hydrogens is 520 g/mol. The molecule has 4 rings (SSSR count). The van der Waals surface area contributed by atoms with Crippen molar-refractivity contribution >= 4 is 12.2 Å². The molecule has 10 atom stereocenters. The van der Waals surface area contributed by atoms with Gasteiger partial charge in [0.25, 0.3) is 0 Å². The molecule has 2 aromatic carbocycles. The lowest BCUT2D eigenvalue weighted by Crippen LogP contribution is -2.62. The van der Waals surface area contributed by atoms with E-state index in [4.69, 9.17) is 18.9 Å². The minimum Gasteiger partial charge on any atom is -0.508 e. The monoisotopic (exact) mass is 552 g/mol. The van der Waals surface area contributed by atoms with E-state index < -0.39 is 74.6 Å². The van der Waals surface area contributed by atoms with Crippen LogP contribution >= 0.6 is 0 Å². The molecule has 39 heavy (non-hydrogen) atoms. The lowest BCUT2D eigenvalue weighted by atomic mass is 9.98. The summed E-state index contributed by atoms with van der Waals surface area (Å²) in [6, 6.07) is 10.7. The summed E-state index contributed by atoms with van der Waals surface area (Å²) in [4.78, 5) is 0. The minimum absolute atomic E-state index is 0.0709. The molecule has 214 valence electrons. The van der Waals surface area contributed by atoms with Gasteiger partial charge in [-0.25, -0.2) is 0 Å². The smallest absolute Gasteiger partial charge is 0.229 e. The van der Waals surface area contributed by atoms with E-state index in [1.54, 1.807) is 24.3 Å². The van der Waals surface area contributed by atoms with Crippen LogP contribution in [0.3, 0.4) is 0 Å². The molecule has 0 spiro atoms. The zero-order valence-corrected chi connectivity index (χ0v) is 20.5. The third kappa shape index (κ3) is 6.85. The highest BCUT2D eigenvalue weighted by Gasteiger charge is 2.47. The van der Waals surface area contributed by atoms with Crippen molar-refractivity contribution in [3.05, 3.63) is 53.6 Å². The van der Waals surface area contributed by atoms with Gasteiger partial charge in [-0.1, -0.05) is 24.3 Å². The molecule has 9 N–H and O–H groups in total. The van der Waals surface area contributed by atoms with Gasteiger partial charge in [0.2, 0.25) is 6.29 Å². The van der Waals surface area contributed by atoms with Crippen LogP contribution in [0.15, 0.2) is 42.5 Å². The average molecular weight is 553 g/mol. The topological polar surface area (TPSA) is 219 Å². The second-order valence-electron chi connectivity index (χ2n) is 9.35. The van der Waals surface area contributed by atoms with Gasteiger partial charge < -0.3 is 64.9 Å². The van der Waals surface area contributed by atoms with Crippen molar-refractivity contribution in [2.45, 2.75) is 61.4 Å². The lowest BCUT2D eigenvalue weighted by Gasteiger charge is -2.42. The Morgan fingerprint density at radius 1 is 0.641 bits per heavy atom. The SMILES string of the molecule is OC[C@@H]1O[C@H](OC[C@@H]2O[C@@H](Oc3cc(O)cc(/C=C/c4ccc(O)cc4)c3)[C@@H](O)[C@H](O)[C@H]2O)[C@@H](O)[C@H](O)[C@H]1O. The fourth-order valence-electron chi connectivity index (χ4n) is 4.23. The predicted octanol–water partition coefficient (Wildman–Crippen LogP) is -1.73. The van der Waals surface area contributed by atoms with Crippen molar-refractivity contribution in [1.29, 1.82) is 0 Å². The lowest BCUT2D eigenvalue weighted by molar-refractivity contribution is -0.323. The summed E-state index contributed by atoms with van der Waals surface area (Å²) in [6.45, 7) is -1.17. The Kier molecular flexibility index (Phi) is 9.40. The standard InChI is InChI=1S/C26H32O13/c27-10-17-19(30)21(32)23(34)25(38-17)36-11-18-20(31)22(33)24(35)26(39-18)37-16-8-13(7-15(29)9-16)2-1-12-3-5-14(28)6-4-12/h1-9,17-35H,10-11H2/b2-1+/t17-,18-,19-,20-,21+,22+,23-,24-,25-,26+/m0/s1. The third-order valence-corrected chi connectivity index (χ3v) is 6.47. The van der Waals surface area contributed by atoms with E-state index in [1.165, 1.54) is 30.3 Å². The highest BCUT2D eigenvalue weighted by Crippen LogP contribution is 2.29. The number of phenols is 2. The van der Waals surface area contributed by atoms with Crippen LogP contribution < -0.4 is 4.74 Å². The molecule has 2 aromatic rings. The Balaban J connectivity index is 1.43. The fraction of sp³-hybridized carbons (Fsp3) is 0.462. The van der Waals surface area contributed by atoms with Crippen LogP contribution in [-0.2, 0) is 14.2 Å². The van der Waals surface area contributed by atoms with Gasteiger partial charge >= 0.3 is 0 Å². The van der Waals surface area contributed by atoms with Crippen molar-refractivity contribution in [1.82, 2.24) is 0 Å². The molecule has 2 fully saturated rings. The van der Waals surface area contributed by atoms with E-state index >= 15 is 0 Å². The molecule has 2 aliphatic rings. The second-order valence-corrected chi connectivity index (χ2v) is 9.35. The summed E-state index contributed by atoms with van der Waals surface area (Å²) in [7, 11) is 0. The van der Waals surface area contributed by atoms with E-state index in [0.717, 1.165) is 5.56 Å². The van der Waals surface area contributed by atoms with Gasteiger partial charge in [-0.3, -0.25) is 0 Å².